The number of hydrogen-bond acceptors (Lipinski definition) is 3. The van der Waals surface area contributed by atoms with E-state index in [0.29, 0.717) is 10.3 Å². The summed E-state index contributed by atoms with van der Waals surface area (Å²) in [7, 11) is 0. The summed E-state index contributed by atoms with van der Waals surface area (Å²) < 4.78 is 28.1. The first-order valence-electron chi connectivity index (χ1n) is 6.04. The Hall–Kier alpha value is -2.27. The average Bonchev–Trinajstić information content (AvgIpc) is 2.70. The Balaban J connectivity index is 2.03. The topological polar surface area (TPSA) is 24.4 Å². The third kappa shape index (κ3) is 1.56. The fourth-order valence-electron chi connectivity index (χ4n) is 2.31. The number of nitrogens with zero attached hydrogens (tertiary/aromatic N) is 1. The van der Waals surface area contributed by atoms with Crippen molar-refractivity contribution in [3.05, 3.63) is 53.6 Å². The van der Waals surface area contributed by atoms with Crippen LogP contribution in [0.4, 0.5) is 25.2 Å². The van der Waals surface area contributed by atoms with Crippen LogP contribution in [-0.4, -0.2) is 6.21 Å². The molecule has 0 amide bonds. The molecule has 1 N–H and O–H groups in total. The summed E-state index contributed by atoms with van der Waals surface area (Å²) >= 11 is 1.39. The number of para-hydroxylation sites is 2. The fourth-order valence-corrected chi connectivity index (χ4v) is 3.40. The van der Waals surface area contributed by atoms with Crippen LogP contribution in [0.5, 0.6) is 0 Å². The minimum atomic E-state index is -0.840. The first-order chi connectivity index (χ1) is 9.74. The number of thiophene rings is 1. The van der Waals surface area contributed by atoms with E-state index < -0.39 is 11.6 Å². The molecule has 0 aliphatic carbocycles. The molecule has 0 spiro atoms. The molecule has 0 saturated carbocycles. The fraction of sp³-hybridized carbons (Fsp3) is 0. The summed E-state index contributed by atoms with van der Waals surface area (Å²) in [6.07, 6.45) is 1.59. The zero-order chi connectivity index (χ0) is 13.7. The van der Waals surface area contributed by atoms with Gasteiger partial charge in [-0.05, 0) is 24.3 Å². The van der Waals surface area contributed by atoms with E-state index in [0.717, 1.165) is 22.4 Å². The maximum absolute atomic E-state index is 14.0. The van der Waals surface area contributed by atoms with Crippen LogP contribution in [0.3, 0.4) is 0 Å². The van der Waals surface area contributed by atoms with Gasteiger partial charge in [-0.25, -0.2) is 8.78 Å². The molecule has 1 aliphatic rings. The molecule has 0 fully saturated rings. The molecular weight excluding hydrogens is 278 g/mol. The smallest absolute Gasteiger partial charge is 0.168 e. The quantitative estimate of drug-likeness (QED) is 0.484. The molecule has 2 aromatic carbocycles. The number of fused-ring (bicyclic) bond motifs is 4. The number of aliphatic imine (C=N–C) groups is 1. The standard InChI is InChI=1S/C15H8F2N2S/c16-9-5-6-12-13(14(9)17)8-7-18-10-3-1-2-4-11(10)19-15(8)20-12/h1-7,19H. The lowest BCUT2D eigenvalue weighted by molar-refractivity contribution is 0.517. The molecule has 4 rings (SSSR count). The maximum atomic E-state index is 14.0. The molecule has 98 valence electrons. The molecule has 2 nitrogen and oxygen atoms in total. The highest BCUT2D eigenvalue weighted by molar-refractivity contribution is 7.23. The van der Waals surface area contributed by atoms with Crippen molar-refractivity contribution in [1.29, 1.82) is 0 Å². The number of hydrogen-bond donors (Lipinski definition) is 1. The van der Waals surface area contributed by atoms with Gasteiger partial charge in [0, 0.05) is 21.9 Å². The van der Waals surface area contributed by atoms with Crippen LogP contribution in [0.15, 0.2) is 41.4 Å². The monoisotopic (exact) mass is 286 g/mol. The van der Waals surface area contributed by atoms with Gasteiger partial charge in [-0.1, -0.05) is 12.1 Å². The van der Waals surface area contributed by atoms with Crippen LogP contribution in [0.25, 0.3) is 10.1 Å². The Morgan fingerprint density at radius 1 is 1.05 bits per heavy atom. The second-order valence-corrected chi connectivity index (χ2v) is 5.53. The Morgan fingerprint density at radius 2 is 1.90 bits per heavy atom. The van der Waals surface area contributed by atoms with E-state index in [1.165, 1.54) is 11.3 Å². The van der Waals surface area contributed by atoms with Crippen molar-refractivity contribution in [2.45, 2.75) is 0 Å². The molecule has 20 heavy (non-hydrogen) atoms. The number of anilines is 2. The van der Waals surface area contributed by atoms with Crippen molar-refractivity contribution in [3.8, 4) is 0 Å². The normalized spacial score (nSPS) is 12.7. The van der Waals surface area contributed by atoms with Gasteiger partial charge in [-0.15, -0.1) is 11.3 Å². The zero-order valence-corrected chi connectivity index (χ0v) is 11.0. The summed E-state index contributed by atoms with van der Waals surface area (Å²) in [5, 5.41) is 4.31. The van der Waals surface area contributed by atoms with E-state index in [-0.39, 0.29) is 5.39 Å². The van der Waals surface area contributed by atoms with E-state index in [1.807, 2.05) is 24.3 Å². The molecule has 0 saturated heterocycles. The van der Waals surface area contributed by atoms with E-state index >= 15 is 0 Å². The molecule has 2 heterocycles. The van der Waals surface area contributed by atoms with Gasteiger partial charge in [0.25, 0.3) is 0 Å². The third-order valence-electron chi connectivity index (χ3n) is 3.27. The SMILES string of the molecule is Fc1ccc2sc3c(c2c1F)C=Nc1ccccc1N3. The van der Waals surface area contributed by atoms with E-state index in [2.05, 4.69) is 10.3 Å². The maximum Gasteiger partial charge on any atom is 0.168 e. The first-order valence-corrected chi connectivity index (χ1v) is 6.86. The van der Waals surface area contributed by atoms with E-state index in [1.54, 1.807) is 12.3 Å². The Kier molecular flexibility index (Phi) is 2.37. The van der Waals surface area contributed by atoms with Crippen molar-refractivity contribution >= 4 is 44.0 Å². The largest absolute Gasteiger partial charge is 0.345 e. The number of halogens is 2. The van der Waals surface area contributed by atoms with Crippen molar-refractivity contribution in [2.75, 3.05) is 5.32 Å². The molecule has 0 bridgehead atoms. The summed E-state index contributed by atoms with van der Waals surface area (Å²) in [5.41, 5.74) is 2.23. The van der Waals surface area contributed by atoms with Crippen LogP contribution in [0.2, 0.25) is 0 Å². The minimum absolute atomic E-state index is 0.286. The molecule has 0 radical (unpaired) electrons. The first kappa shape index (κ1) is 11.5. The predicted molar refractivity (Wildman–Crippen MR) is 78.7 cm³/mol. The molecule has 5 heteroatoms. The van der Waals surface area contributed by atoms with Crippen LogP contribution in [0, 0.1) is 11.6 Å². The molecule has 0 atom stereocenters. The second-order valence-electron chi connectivity index (χ2n) is 4.48. The summed E-state index contributed by atoms with van der Waals surface area (Å²) in [6.45, 7) is 0. The number of benzene rings is 2. The third-order valence-corrected chi connectivity index (χ3v) is 4.35. The molecule has 3 aromatic rings. The van der Waals surface area contributed by atoms with Gasteiger partial charge in [0.2, 0.25) is 0 Å². The van der Waals surface area contributed by atoms with Crippen molar-refractivity contribution in [1.82, 2.24) is 0 Å². The van der Waals surface area contributed by atoms with Gasteiger partial charge < -0.3 is 5.32 Å². The van der Waals surface area contributed by atoms with Crippen LogP contribution < -0.4 is 5.32 Å². The highest BCUT2D eigenvalue weighted by Gasteiger charge is 2.19. The number of rotatable bonds is 0. The highest BCUT2D eigenvalue weighted by atomic mass is 32.1. The Labute approximate surface area is 117 Å². The van der Waals surface area contributed by atoms with E-state index in [4.69, 9.17) is 0 Å². The average molecular weight is 286 g/mol. The Morgan fingerprint density at radius 3 is 2.80 bits per heavy atom. The highest BCUT2D eigenvalue weighted by Crippen LogP contribution is 2.41. The molecular formula is C15H8F2N2S. The van der Waals surface area contributed by atoms with Crippen LogP contribution in [0.1, 0.15) is 5.56 Å². The molecule has 0 unspecified atom stereocenters. The van der Waals surface area contributed by atoms with Gasteiger partial charge >= 0.3 is 0 Å². The molecule has 1 aliphatic heterocycles. The van der Waals surface area contributed by atoms with Crippen LogP contribution >= 0.6 is 11.3 Å². The van der Waals surface area contributed by atoms with Gasteiger partial charge in [-0.3, -0.25) is 4.99 Å². The number of nitrogens with one attached hydrogen (secondary N) is 1. The summed E-state index contributed by atoms with van der Waals surface area (Å²) in [5.74, 6) is -1.66. The second kappa shape index (κ2) is 4.11. The van der Waals surface area contributed by atoms with Gasteiger partial charge in [0.1, 0.15) is 5.00 Å². The van der Waals surface area contributed by atoms with Gasteiger partial charge in [0.05, 0.1) is 11.4 Å². The summed E-state index contributed by atoms with van der Waals surface area (Å²) in [4.78, 5) is 4.35. The van der Waals surface area contributed by atoms with Gasteiger partial charge in [0.15, 0.2) is 11.6 Å². The lowest BCUT2D eigenvalue weighted by Gasteiger charge is -2.04. The predicted octanol–water partition coefficient (Wildman–Crippen LogP) is 4.99. The zero-order valence-electron chi connectivity index (χ0n) is 10.2. The Bertz CT molecular complexity index is 868. The van der Waals surface area contributed by atoms with Crippen molar-refractivity contribution in [3.63, 3.8) is 0 Å². The molecule has 1 aromatic heterocycles. The lowest BCUT2D eigenvalue weighted by Crippen LogP contribution is -1.90. The summed E-state index contributed by atoms with van der Waals surface area (Å²) in [6, 6.07) is 10.3. The lowest BCUT2D eigenvalue weighted by atomic mass is 10.1. The van der Waals surface area contributed by atoms with Gasteiger partial charge in [-0.2, -0.15) is 0 Å². The minimum Gasteiger partial charge on any atom is -0.345 e. The van der Waals surface area contributed by atoms with E-state index in [9.17, 15) is 8.78 Å². The van der Waals surface area contributed by atoms with Crippen molar-refractivity contribution in [2.24, 2.45) is 4.99 Å². The van der Waals surface area contributed by atoms with Crippen LogP contribution in [-0.2, 0) is 0 Å². The van der Waals surface area contributed by atoms with Crippen molar-refractivity contribution < 1.29 is 8.78 Å².